The van der Waals surface area contributed by atoms with Crippen LogP contribution in [0.15, 0.2) is 64.4 Å². The lowest BCUT2D eigenvalue weighted by Crippen LogP contribution is -2.21. The molecular weight excluding hydrogens is 418 g/mol. The van der Waals surface area contributed by atoms with Gasteiger partial charge in [0.15, 0.2) is 6.61 Å². The second kappa shape index (κ2) is 8.62. The van der Waals surface area contributed by atoms with Crippen molar-refractivity contribution in [3.05, 3.63) is 70.6 Å². The molecule has 4 rings (SSSR count). The lowest BCUT2D eigenvalue weighted by Gasteiger charge is -2.14. The smallest absolute Gasteiger partial charge is 0.262 e. The van der Waals surface area contributed by atoms with Crippen molar-refractivity contribution >= 4 is 32.1 Å². The second-order valence-corrected chi connectivity index (χ2v) is 10.3. The van der Waals surface area contributed by atoms with Crippen molar-refractivity contribution in [1.29, 1.82) is 0 Å². The molecule has 5 nitrogen and oxygen atoms in total. The fraction of sp³-hybridized carbons (Fsp3) is 0.261. The Labute approximate surface area is 180 Å². The molecule has 0 bridgehead atoms. The molecule has 0 unspecified atom stereocenters. The average molecular weight is 442 g/mol. The van der Waals surface area contributed by atoms with Gasteiger partial charge < -0.3 is 10.1 Å². The molecule has 1 amide bonds. The van der Waals surface area contributed by atoms with Crippen molar-refractivity contribution in [2.24, 2.45) is 0 Å². The Kier molecular flexibility index (Phi) is 5.92. The van der Waals surface area contributed by atoms with Crippen LogP contribution in [0.1, 0.15) is 28.8 Å². The highest BCUT2D eigenvalue weighted by atomic mass is 32.2. The lowest BCUT2D eigenvalue weighted by atomic mass is 9.99. The fourth-order valence-corrected chi connectivity index (χ4v) is 6.95. The summed E-state index contributed by atoms with van der Waals surface area (Å²) < 4.78 is 32.4. The molecule has 1 aliphatic rings. The van der Waals surface area contributed by atoms with E-state index in [-0.39, 0.29) is 22.3 Å². The third kappa shape index (κ3) is 4.27. The molecule has 0 saturated carbocycles. The quantitative estimate of drug-likeness (QED) is 0.597. The monoisotopic (exact) mass is 441 g/mol. The van der Waals surface area contributed by atoms with Gasteiger partial charge in [0.05, 0.1) is 4.90 Å². The summed E-state index contributed by atoms with van der Waals surface area (Å²) in [6.07, 6.45) is 3.53. The van der Waals surface area contributed by atoms with Crippen molar-refractivity contribution in [3.8, 4) is 5.75 Å². The van der Waals surface area contributed by atoms with Gasteiger partial charge in [0.2, 0.25) is 9.84 Å². The molecule has 0 fully saturated rings. The van der Waals surface area contributed by atoms with Gasteiger partial charge in [-0.05, 0) is 68.0 Å². The first kappa shape index (κ1) is 20.6. The van der Waals surface area contributed by atoms with Gasteiger partial charge in [0.25, 0.3) is 5.91 Å². The number of fused-ring (bicyclic) bond motifs is 1. The first-order chi connectivity index (χ1) is 14.4. The van der Waals surface area contributed by atoms with E-state index in [0.717, 1.165) is 35.3 Å². The zero-order chi connectivity index (χ0) is 21.1. The summed E-state index contributed by atoms with van der Waals surface area (Å²) >= 11 is 1.37. The largest absolute Gasteiger partial charge is 0.484 e. The van der Waals surface area contributed by atoms with Gasteiger partial charge in [-0.1, -0.05) is 30.3 Å². The van der Waals surface area contributed by atoms with E-state index in [9.17, 15) is 13.2 Å². The summed E-state index contributed by atoms with van der Waals surface area (Å²) in [4.78, 5) is 14.1. The Hall–Kier alpha value is -2.64. The molecule has 1 aliphatic carbocycles. The van der Waals surface area contributed by atoms with E-state index in [0.29, 0.717) is 17.2 Å². The van der Waals surface area contributed by atoms with Gasteiger partial charge in [-0.3, -0.25) is 4.79 Å². The summed E-state index contributed by atoms with van der Waals surface area (Å²) in [5.74, 6) is 0.229. The predicted octanol–water partition coefficient (Wildman–Crippen LogP) is 4.79. The minimum absolute atomic E-state index is 0.184. The third-order valence-electron chi connectivity index (χ3n) is 5.06. The topological polar surface area (TPSA) is 72.5 Å². The van der Waals surface area contributed by atoms with Crippen LogP contribution in [0.4, 0.5) is 5.00 Å². The number of benzene rings is 2. The SMILES string of the molecule is Cc1cccc(OCC(=O)Nc2sc3c(c2S(=O)(=O)c2ccccc2)CCCC3)c1. The highest BCUT2D eigenvalue weighted by Crippen LogP contribution is 2.43. The normalized spacial score (nSPS) is 13.5. The van der Waals surface area contributed by atoms with E-state index in [2.05, 4.69) is 5.32 Å². The number of carbonyl (C=O) groups excluding carboxylic acids is 1. The van der Waals surface area contributed by atoms with Crippen LogP contribution >= 0.6 is 11.3 Å². The van der Waals surface area contributed by atoms with Crippen LogP contribution in [0.2, 0.25) is 0 Å². The van der Waals surface area contributed by atoms with Gasteiger partial charge in [-0.15, -0.1) is 11.3 Å². The maximum atomic E-state index is 13.4. The molecule has 1 aromatic heterocycles. The minimum Gasteiger partial charge on any atom is -0.484 e. The second-order valence-electron chi connectivity index (χ2n) is 7.34. The molecule has 1 heterocycles. The molecule has 156 valence electrons. The number of rotatable bonds is 6. The Morgan fingerprint density at radius 1 is 1.07 bits per heavy atom. The summed E-state index contributed by atoms with van der Waals surface area (Å²) in [5, 5.41) is 3.20. The van der Waals surface area contributed by atoms with Gasteiger partial charge >= 0.3 is 0 Å². The van der Waals surface area contributed by atoms with E-state index in [1.54, 1.807) is 36.4 Å². The van der Waals surface area contributed by atoms with E-state index in [1.165, 1.54) is 11.3 Å². The minimum atomic E-state index is -3.73. The Morgan fingerprint density at radius 2 is 1.83 bits per heavy atom. The van der Waals surface area contributed by atoms with E-state index in [1.807, 2.05) is 25.1 Å². The Morgan fingerprint density at radius 3 is 2.60 bits per heavy atom. The number of sulfone groups is 1. The van der Waals surface area contributed by atoms with Crippen LogP contribution < -0.4 is 10.1 Å². The van der Waals surface area contributed by atoms with Crippen molar-refractivity contribution < 1.29 is 17.9 Å². The van der Waals surface area contributed by atoms with E-state index < -0.39 is 9.84 Å². The molecular formula is C23H23NO4S2. The molecule has 1 N–H and O–H groups in total. The first-order valence-corrected chi connectivity index (χ1v) is 12.2. The summed E-state index contributed by atoms with van der Waals surface area (Å²) in [6.45, 7) is 1.76. The van der Waals surface area contributed by atoms with Crippen LogP contribution in [0.3, 0.4) is 0 Å². The number of thiophene rings is 1. The van der Waals surface area contributed by atoms with Crippen molar-refractivity contribution in [2.45, 2.75) is 42.4 Å². The highest BCUT2D eigenvalue weighted by molar-refractivity contribution is 7.92. The van der Waals surface area contributed by atoms with Crippen molar-refractivity contribution in [3.63, 3.8) is 0 Å². The van der Waals surface area contributed by atoms with Crippen LogP contribution in [-0.2, 0) is 27.5 Å². The number of ether oxygens (including phenoxy) is 1. The molecule has 0 atom stereocenters. The van der Waals surface area contributed by atoms with Crippen molar-refractivity contribution in [1.82, 2.24) is 0 Å². The summed E-state index contributed by atoms with van der Waals surface area (Å²) in [6, 6.07) is 15.8. The first-order valence-electron chi connectivity index (χ1n) is 9.89. The van der Waals surface area contributed by atoms with Gasteiger partial charge in [0.1, 0.15) is 15.6 Å². The zero-order valence-corrected chi connectivity index (χ0v) is 18.3. The number of anilines is 1. The van der Waals surface area contributed by atoms with Gasteiger partial charge in [-0.25, -0.2) is 8.42 Å². The van der Waals surface area contributed by atoms with Crippen LogP contribution in [0.5, 0.6) is 5.75 Å². The van der Waals surface area contributed by atoms with Gasteiger partial charge in [-0.2, -0.15) is 0 Å². The zero-order valence-electron chi connectivity index (χ0n) is 16.7. The van der Waals surface area contributed by atoms with Crippen LogP contribution in [-0.4, -0.2) is 20.9 Å². The molecule has 3 aromatic rings. The predicted molar refractivity (Wildman–Crippen MR) is 118 cm³/mol. The molecule has 30 heavy (non-hydrogen) atoms. The van der Waals surface area contributed by atoms with Gasteiger partial charge in [0, 0.05) is 4.88 Å². The van der Waals surface area contributed by atoms with E-state index >= 15 is 0 Å². The third-order valence-corrected chi connectivity index (χ3v) is 8.27. The van der Waals surface area contributed by atoms with Crippen molar-refractivity contribution in [2.75, 3.05) is 11.9 Å². The molecule has 7 heteroatoms. The average Bonchev–Trinajstić information content (AvgIpc) is 3.11. The molecule has 0 radical (unpaired) electrons. The number of hydrogen-bond donors (Lipinski definition) is 1. The maximum Gasteiger partial charge on any atom is 0.262 e. The summed E-state index contributed by atoms with van der Waals surface area (Å²) in [7, 11) is -3.73. The molecule has 2 aromatic carbocycles. The maximum absolute atomic E-state index is 13.4. The molecule has 0 spiro atoms. The van der Waals surface area contributed by atoms with Crippen LogP contribution in [0, 0.1) is 6.92 Å². The Balaban J connectivity index is 1.62. The van der Waals surface area contributed by atoms with Crippen LogP contribution in [0.25, 0.3) is 0 Å². The number of aryl methyl sites for hydroxylation is 2. The fourth-order valence-electron chi connectivity index (χ4n) is 3.64. The summed E-state index contributed by atoms with van der Waals surface area (Å²) in [5.41, 5.74) is 1.89. The molecule has 0 saturated heterocycles. The number of hydrogen-bond acceptors (Lipinski definition) is 5. The highest BCUT2D eigenvalue weighted by Gasteiger charge is 2.31. The Bertz CT molecular complexity index is 1170. The standard InChI is InChI=1S/C23H23NO4S2/c1-16-8-7-9-17(14-16)28-15-21(25)24-23-22(19-12-5-6-13-20(19)29-23)30(26,27)18-10-3-2-4-11-18/h2-4,7-11,14H,5-6,12-13,15H2,1H3,(H,24,25). The number of nitrogens with one attached hydrogen (secondary N) is 1. The molecule has 0 aliphatic heterocycles. The number of amides is 1. The lowest BCUT2D eigenvalue weighted by molar-refractivity contribution is -0.118. The van der Waals surface area contributed by atoms with E-state index in [4.69, 9.17) is 4.74 Å². The number of carbonyl (C=O) groups is 1.